The van der Waals surface area contributed by atoms with Crippen molar-refractivity contribution in [2.75, 3.05) is 31.3 Å². The lowest BCUT2D eigenvalue weighted by Crippen LogP contribution is -2.48. The molecule has 1 aromatic rings. The molecule has 5 heteroatoms. The summed E-state index contributed by atoms with van der Waals surface area (Å²) in [6, 6.07) is 3.88. The van der Waals surface area contributed by atoms with Crippen LogP contribution in [0, 0.1) is 0 Å². The normalized spacial score (nSPS) is 22.5. The molecule has 1 aliphatic heterocycles. The lowest BCUT2D eigenvalue weighted by Gasteiger charge is -2.35. The van der Waals surface area contributed by atoms with Crippen LogP contribution in [0.2, 0.25) is 0 Å². The summed E-state index contributed by atoms with van der Waals surface area (Å²) in [6.45, 7) is 3.98. The van der Waals surface area contributed by atoms with Gasteiger partial charge in [0.2, 0.25) is 0 Å². The maximum absolute atomic E-state index is 9.33. The lowest BCUT2D eigenvalue weighted by atomic mass is 10.1. The minimum Gasteiger partial charge on any atom is -0.394 e. The highest BCUT2D eigenvalue weighted by Crippen LogP contribution is 2.20. The number of aliphatic hydroxyl groups is 1. The van der Waals surface area contributed by atoms with E-state index in [1.807, 2.05) is 19.1 Å². The molecule has 1 aromatic heterocycles. The first-order valence-corrected chi connectivity index (χ1v) is 5.89. The first-order valence-electron chi connectivity index (χ1n) is 5.89. The Bertz CT molecular complexity index is 371. The highest BCUT2D eigenvalue weighted by atomic mass is 16.5. The minimum atomic E-state index is -0.0143. The van der Waals surface area contributed by atoms with Gasteiger partial charge in [-0.2, -0.15) is 0 Å². The van der Waals surface area contributed by atoms with Crippen LogP contribution in [0.3, 0.4) is 0 Å². The van der Waals surface area contributed by atoms with Gasteiger partial charge in [-0.15, -0.1) is 0 Å². The monoisotopic (exact) mass is 237 g/mol. The minimum absolute atomic E-state index is 0.00892. The highest BCUT2D eigenvalue weighted by Gasteiger charge is 2.23. The standard InChI is InChI=1S/C12H19N3O2/c1-9(13)10-2-3-14-12(6-10)15-4-5-17-8-11(15)7-16/h2-3,6,9,11,16H,4-5,7-8,13H2,1H3/t9-,11?/m1/s1. The van der Waals surface area contributed by atoms with Crippen molar-refractivity contribution in [2.24, 2.45) is 5.73 Å². The Morgan fingerprint density at radius 3 is 3.24 bits per heavy atom. The number of hydrogen-bond donors (Lipinski definition) is 2. The van der Waals surface area contributed by atoms with E-state index < -0.39 is 0 Å². The topological polar surface area (TPSA) is 71.6 Å². The van der Waals surface area contributed by atoms with E-state index in [4.69, 9.17) is 10.5 Å². The van der Waals surface area contributed by atoms with E-state index in [-0.39, 0.29) is 18.7 Å². The van der Waals surface area contributed by atoms with Crippen molar-refractivity contribution >= 4 is 5.82 Å². The Labute approximate surface area is 101 Å². The maximum atomic E-state index is 9.33. The van der Waals surface area contributed by atoms with Gasteiger partial charge in [-0.05, 0) is 24.6 Å². The average Bonchev–Trinajstić information content (AvgIpc) is 2.39. The molecule has 1 unspecified atom stereocenters. The fourth-order valence-corrected chi connectivity index (χ4v) is 1.98. The van der Waals surface area contributed by atoms with Gasteiger partial charge in [0.1, 0.15) is 5.82 Å². The zero-order valence-corrected chi connectivity index (χ0v) is 10.0. The molecule has 0 aliphatic carbocycles. The summed E-state index contributed by atoms with van der Waals surface area (Å²) in [5, 5.41) is 9.33. The van der Waals surface area contributed by atoms with E-state index in [1.54, 1.807) is 6.20 Å². The van der Waals surface area contributed by atoms with Crippen molar-refractivity contribution in [3.63, 3.8) is 0 Å². The Balaban J connectivity index is 2.22. The summed E-state index contributed by atoms with van der Waals surface area (Å²) in [7, 11) is 0. The molecule has 0 spiro atoms. The number of rotatable bonds is 3. The molecule has 0 aromatic carbocycles. The number of ether oxygens (including phenoxy) is 1. The molecule has 2 heterocycles. The van der Waals surface area contributed by atoms with Gasteiger partial charge < -0.3 is 20.5 Å². The summed E-state index contributed by atoms with van der Waals surface area (Å²) in [4.78, 5) is 6.43. The first kappa shape index (κ1) is 12.3. The molecule has 1 fully saturated rings. The zero-order valence-electron chi connectivity index (χ0n) is 10.0. The SMILES string of the molecule is C[C@@H](N)c1ccnc(N2CCOCC2CO)c1. The largest absolute Gasteiger partial charge is 0.394 e. The molecule has 1 aliphatic rings. The molecule has 1 saturated heterocycles. The van der Waals surface area contributed by atoms with Crippen molar-refractivity contribution in [1.82, 2.24) is 4.98 Å². The quantitative estimate of drug-likeness (QED) is 0.791. The molecule has 17 heavy (non-hydrogen) atoms. The van der Waals surface area contributed by atoms with Gasteiger partial charge in [0.15, 0.2) is 0 Å². The molecule has 0 saturated carbocycles. The molecule has 94 valence electrons. The van der Waals surface area contributed by atoms with Gasteiger partial charge in [-0.3, -0.25) is 0 Å². The van der Waals surface area contributed by atoms with Crippen LogP contribution in [-0.4, -0.2) is 42.5 Å². The molecule has 2 rings (SSSR count). The fourth-order valence-electron chi connectivity index (χ4n) is 1.98. The average molecular weight is 237 g/mol. The number of pyridine rings is 1. The molecule has 2 atom stereocenters. The molecule has 0 radical (unpaired) electrons. The highest BCUT2D eigenvalue weighted by molar-refractivity contribution is 5.43. The maximum Gasteiger partial charge on any atom is 0.129 e. The van der Waals surface area contributed by atoms with Gasteiger partial charge in [0, 0.05) is 18.8 Å². The molecule has 0 amide bonds. The van der Waals surface area contributed by atoms with Crippen LogP contribution in [0.5, 0.6) is 0 Å². The Kier molecular flexibility index (Phi) is 3.93. The van der Waals surface area contributed by atoms with Crippen molar-refractivity contribution in [3.05, 3.63) is 23.9 Å². The molecule has 3 N–H and O–H groups in total. The second-order valence-electron chi connectivity index (χ2n) is 4.34. The third kappa shape index (κ3) is 2.74. The molecular formula is C12H19N3O2. The van der Waals surface area contributed by atoms with Crippen molar-refractivity contribution < 1.29 is 9.84 Å². The Morgan fingerprint density at radius 2 is 2.53 bits per heavy atom. The van der Waals surface area contributed by atoms with Crippen LogP contribution in [0.4, 0.5) is 5.82 Å². The van der Waals surface area contributed by atoms with Crippen molar-refractivity contribution in [2.45, 2.75) is 19.0 Å². The Hall–Kier alpha value is -1.17. The fraction of sp³-hybridized carbons (Fsp3) is 0.583. The predicted molar refractivity (Wildman–Crippen MR) is 65.9 cm³/mol. The molecule has 5 nitrogen and oxygen atoms in total. The number of aromatic nitrogens is 1. The van der Waals surface area contributed by atoms with E-state index in [2.05, 4.69) is 9.88 Å². The first-order chi connectivity index (χ1) is 8.22. The van der Waals surface area contributed by atoms with Crippen LogP contribution in [0.15, 0.2) is 18.3 Å². The van der Waals surface area contributed by atoms with E-state index >= 15 is 0 Å². The van der Waals surface area contributed by atoms with Crippen molar-refractivity contribution in [3.8, 4) is 0 Å². The number of nitrogens with zero attached hydrogens (tertiary/aromatic N) is 2. The van der Waals surface area contributed by atoms with Crippen LogP contribution in [0.1, 0.15) is 18.5 Å². The predicted octanol–water partition coefficient (Wildman–Crippen LogP) is 0.299. The second-order valence-corrected chi connectivity index (χ2v) is 4.34. The second kappa shape index (κ2) is 5.44. The number of morpholine rings is 1. The van der Waals surface area contributed by atoms with E-state index in [0.717, 1.165) is 17.9 Å². The van der Waals surface area contributed by atoms with Gasteiger partial charge in [-0.1, -0.05) is 0 Å². The zero-order chi connectivity index (χ0) is 12.3. The van der Waals surface area contributed by atoms with E-state index in [9.17, 15) is 5.11 Å². The van der Waals surface area contributed by atoms with E-state index in [1.165, 1.54) is 0 Å². The third-order valence-corrected chi connectivity index (χ3v) is 3.03. The van der Waals surface area contributed by atoms with Crippen molar-refractivity contribution in [1.29, 1.82) is 0 Å². The van der Waals surface area contributed by atoms with Crippen LogP contribution in [0.25, 0.3) is 0 Å². The lowest BCUT2D eigenvalue weighted by molar-refractivity contribution is 0.0723. The Morgan fingerprint density at radius 1 is 1.71 bits per heavy atom. The van der Waals surface area contributed by atoms with Crippen LogP contribution < -0.4 is 10.6 Å². The van der Waals surface area contributed by atoms with E-state index in [0.29, 0.717) is 13.2 Å². The molecular weight excluding hydrogens is 218 g/mol. The summed E-state index contributed by atoms with van der Waals surface area (Å²) in [5.41, 5.74) is 6.91. The number of anilines is 1. The third-order valence-electron chi connectivity index (χ3n) is 3.03. The smallest absolute Gasteiger partial charge is 0.129 e. The number of nitrogens with two attached hydrogens (primary N) is 1. The summed E-state index contributed by atoms with van der Waals surface area (Å²) < 4.78 is 5.35. The summed E-state index contributed by atoms with van der Waals surface area (Å²) in [5.74, 6) is 0.863. The summed E-state index contributed by atoms with van der Waals surface area (Å²) >= 11 is 0. The van der Waals surface area contributed by atoms with Gasteiger partial charge in [0.05, 0.1) is 25.9 Å². The van der Waals surface area contributed by atoms with Gasteiger partial charge >= 0.3 is 0 Å². The number of hydrogen-bond acceptors (Lipinski definition) is 5. The van der Waals surface area contributed by atoms with Crippen LogP contribution in [-0.2, 0) is 4.74 Å². The summed E-state index contributed by atoms with van der Waals surface area (Å²) in [6.07, 6.45) is 1.76. The van der Waals surface area contributed by atoms with Gasteiger partial charge in [0.25, 0.3) is 0 Å². The molecule has 0 bridgehead atoms. The van der Waals surface area contributed by atoms with Gasteiger partial charge in [-0.25, -0.2) is 4.98 Å². The van der Waals surface area contributed by atoms with Crippen LogP contribution >= 0.6 is 0 Å². The number of aliphatic hydroxyl groups excluding tert-OH is 1.